The predicted octanol–water partition coefficient (Wildman–Crippen LogP) is 4.05. The van der Waals surface area contributed by atoms with E-state index in [2.05, 4.69) is 25.6 Å². The van der Waals surface area contributed by atoms with Crippen LogP contribution in [0, 0.1) is 0 Å². The fourth-order valence-corrected chi connectivity index (χ4v) is 2.86. The molecule has 7 nitrogen and oxygen atoms in total. The van der Waals surface area contributed by atoms with Crippen LogP contribution in [0.5, 0.6) is 0 Å². The van der Waals surface area contributed by atoms with Crippen molar-refractivity contribution in [1.82, 2.24) is 30.3 Å². The van der Waals surface area contributed by atoms with Crippen molar-refractivity contribution in [3.63, 3.8) is 0 Å². The Hall–Kier alpha value is -4.13. The average Bonchev–Trinajstić information content (AvgIpc) is 3.46. The molecule has 0 aliphatic carbocycles. The molecule has 0 amide bonds. The van der Waals surface area contributed by atoms with E-state index in [4.69, 9.17) is 4.52 Å². The van der Waals surface area contributed by atoms with E-state index in [1.807, 2.05) is 78.9 Å². The second kappa shape index (κ2) is 6.88. The molecule has 5 rings (SSSR count). The van der Waals surface area contributed by atoms with Gasteiger partial charge < -0.3 is 4.52 Å². The monoisotopic (exact) mass is 366 g/mol. The number of pyridine rings is 1. The minimum atomic E-state index is 0.469. The highest BCUT2D eigenvalue weighted by molar-refractivity contribution is 5.67. The molecule has 2 aromatic carbocycles. The summed E-state index contributed by atoms with van der Waals surface area (Å²) in [6.45, 7) is 0. The van der Waals surface area contributed by atoms with Crippen LogP contribution in [0.2, 0.25) is 0 Å². The Kier molecular flexibility index (Phi) is 3.95. The summed E-state index contributed by atoms with van der Waals surface area (Å²) in [7, 11) is 0. The van der Waals surface area contributed by atoms with Gasteiger partial charge >= 0.3 is 0 Å². The molecule has 0 saturated carbocycles. The minimum Gasteiger partial charge on any atom is -0.356 e. The van der Waals surface area contributed by atoms with Crippen LogP contribution in [0.4, 0.5) is 0 Å². The van der Waals surface area contributed by atoms with E-state index in [9.17, 15) is 0 Å². The maximum absolute atomic E-state index is 5.54. The zero-order valence-corrected chi connectivity index (χ0v) is 14.7. The Morgan fingerprint density at radius 3 is 2.46 bits per heavy atom. The lowest BCUT2D eigenvalue weighted by molar-refractivity contribution is 0.435. The van der Waals surface area contributed by atoms with Crippen LogP contribution >= 0.6 is 0 Å². The molecule has 0 unspecified atom stereocenters. The molecule has 0 bridgehead atoms. The molecule has 0 aliphatic heterocycles. The summed E-state index contributed by atoms with van der Waals surface area (Å²) >= 11 is 0. The number of hydrogen-bond acceptors (Lipinski definition) is 6. The molecule has 3 heterocycles. The molecule has 7 heteroatoms. The van der Waals surface area contributed by atoms with Crippen molar-refractivity contribution in [1.29, 1.82) is 0 Å². The Morgan fingerprint density at radius 2 is 1.61 bits per heavy atom. The van der Waals surface area contributed by atoms with Gasteiger partial charge in [-0.15, -0.1) is 15.0 Å². The van der Waals surface area contributed by atoms with Crippen molar-refractivity contribution < 1.29 is 4.52 Å². The molecule has 28 heavy (non-hydrogen) atoms. The summed E-state index contributed by atoms with van der Waals surface area (Å²) in [5.41, 5.74) is 4.12. The number of rotatable bonds is 4. The molecule has 5 aromatic rings. The fraction of sp³-hybridized carbons (Fsp3) is 0. The van der Waals surface area contributed by atoms with Crippen LogP contribution in [0.15, 0.2) is 89.6 Å². The number of tetrazole rings is 1. The van der Waals surface area contributed by atoms with Gasteiger partial charge in [0.15, 0.2) is 5.76 Å². The summed E-state index contributed by atoms with van der Waals surface area (Å²) in [6, 6.07) is 25.1. The van der Waals surface area contributed by atoms with Crippen molar-refractivity contribution in [3.8, 4) is 39.8 Å². The van der Waals surface area contributed by atoms with Crippen molar-refractivity contribution in [2.45, 2.75) is 0 Å². The molecule has 0 saturated heterocycles. The van der Waals surface area contributed by atoms with Gasteiger partial charge in [-0.25, -0.2) is 0 Å². The highest BCUT2D eigenvalue weighted by atomic mass is 16.5. The smallest absolute Gasteiger partial charge is 0.223 e. The second-order valence-electron chi connectivity index (χ2n) is 6.11. The van der Waals surface area contributed by atoms with Gasteiger partial charge in [-0.05, 0) is 29.5 Å². The summed E-state index contributed by atoms with van der Waals surface area (Å²) in [4.78, 5) is 5.73. The van der Waals surface area contributed by atoms with Gasteiger partial charge in [0, 0.05) is 23.4 Å². The molecule has 3 aromatic heterocycles. The van der Waals surface area contributed by atoms with Gasteiger partial charge in [0.05, 0.1) is 5.69 Å². The Balaban J connectivity index is 1.46. The summed E-state index contributed by atoms with van der Waals surface area (Å²) in [5, 5.41) is 16.8. The Labute approximate surface area is 160 Å². The van der Waals surface area contributed by atoms with Gasteiger partial charge in [-0.2, -0.15) is 0 Å². The Morgan fingerprint density at radius 1 is 0.750 bits per heavy atom. The van der Waals surface area contributed by atoms with Crippen LogP contribution in [0.3, 0.4) is 0 Å². The van der Waals surface area contributed by atoms with Gasteiger partial charge in [0.25, 0.3) is 0 Å². The molecular formula is C21H14N6O. The van der Waals surface area contributed by atoms with E-state index >= 15 is 0 Å². The number of benzene rings is 2. The zero-order chi connectivity index (χ0) is 18.8. The first-order chi connectivity index (χ1) is 13.9. The normalized spacial score (nSPS) is 10.9. The number of aromatic nitrogens is 6. The lowest BCUT2D eigenvalue weighted by atomic mass is 10.1. The predicted molar refractivity (Wildman–Crippen MR) is 103 cm³/mol. The van der Waals surface area contributed by atoms with Gasteiger partial charge in [0.1, 0.15) is 11.4 Å². The molecular weight excluding hydrogens is 352 g/mol. The highest BCUT2D eigenvalue weighted by Crippen LogP contribution is 2.27. The topological polar surface area (TPSA) is 82.5 Å². The third-order valence-electron chi connectivity index (χ3n) is 4.25. The van der Waals surface area contributed by atoms with Gasteiger partial charge in [-0.1, -0.05) is 53.7 Å². The highest BCUT2D eigenvalue weighted by Gasteiger charge is 2.12. The van der Waals surface area contributed by atoms with Gasteiger partial charge in [-0.3, -0.25) is 4.98 Å². The average molecular weight is 366 g/mol. The maximum atomic E-state index is 5.54. The molecule has 0 radical (unpaired) electrons. The van der Waals surface area contributed by atoms with E-state index in [1.165, 1.54) is 4.80 Å². The standard InChI is InChI=1S/C21H14N6O/c1-2-7-15(8-3-1)19-14-20(28-25-19)16-9-6-10-17(13-16)27-24-21(23-26-27)18-11-4-5-12-22-18/h1-14H. The lowest BCUT2D eigenvalue weighted by Crippen LogP contribution is -1.99. The van der Waals surface area contributed by atoms with Crippen molar-refractivity contribution >= 4 is 0 Å². The van der Waals surface area contributed by atoms with E-state index in [1.54, 1.807) is 6.20 Å². The molecule has 0 N–H and O–H groups in total. The SMILES string of the molecule is c1ccc(-c2cc(-c3cccc(-n4nnc(-c5ccccn5)n4)c3)on2)cc1. The molecule has 0 aliphatic rings. The number of nitrogens with zero attached hydrogens (tertiary/aromatic N) is 6. The van der Waals surface area contributed by atoms with Crippen molar-refractivity contribution in [3.05, 3.63) is 85.1 Å². The van der Waals surface area contributed by atoms with Crippen LogP contribution < -0.4 is 0 Å². The fourth-order valence-electron chi connectivity index (χ4n) is 2.86. The maximum Gasteiger partial charge on any atom is 0.223 e. The third-order valence-corrected chi connectivity index (χ3v) is 4.25. The summed E-state index contributed by atoms with van der Waals surface area (Å²) < 4.78 is 5.54. The van der Waals surface area contributed by atoms with Crippen LogP contribution in [0.1, 0.15) is 0 Å². The van der Waals surface area contributed by atoms with Gasteiger partial charge in [0.2, 0.25) is 5.82 Å². The zero-order valence-electron chi connectivity index (χ0n) is 14.7. The third kappa shape index (κ3) is 3.05. The second-order valence-corrected chi connectivity index (χ2v) is 6.11. The van der Waals surface area contributed by atoms with E-state index in [0.29, 0.717) is 17.3 Å². The molecule has 0 atom stereocenters. The minimum absolute atomic E-state index is 0.469. The first kappa shape index (κ1) is 16.1. The largest absolute Gasteiger partial charge is 0.356 e. The van der Waals surface area contributed by atoms with Crippen LogP contribution in [-0.4, -0.2) is 30.3 Å². The first-order valence-corrected chi connectivity index (χ1v) is 8.71. The summed E-state index contributed by atoms with van der Waals surface area (Å²) in [5.74, 6) is 1.14. The van der Waals surface area contributed by atoms with E-state index in [0.717, 1.165) is 22.5 Å². The number of hydrogen-bond donors (Lipinski definition) is 0. The van der Waals surface area contributed by atoms with Crippen LogP contribution in [0.25, 0.3) is 39.8 Å². The molecule has 0 spiro atoms. The molecule has 134 valence electrons. The van der Waals surface area contributed by atoms with E-state index in [-0.39, 0.29) is 0 Å². The van der Waals surface area contributed by atoms with Crippen LogP contribution in [-0.2, 0) is 0 Å². The Bertz CT molecular complexity index is 1120. The first-order valence-electron chi connectivity index (χ1n) is 8.71. The quantitative estimate of drug-likeness (QED) is 0.477. The van der Waals surface area contributed by atoms with E-state index < -0.39 is 0 Å². The van der Waals surface area contributed by atoms with Crippen molar-refractivity contribution in [2.75, 3.05) is 0 Å². The molecule has 0 fully saturated rings. The lowest BCUT2D eigenvalue weighted by Gasteiger charge is -2.00. The van der Waals surface area contributed by atoms with Crippen molar-refractivity contribution in [2.24, 2.45) is 0 Å². The summed E-state index contributed by atoms with van der Waals surface area (Å²) in [6.07, 6.45) is 1.70.